The minimum atomic E-state index is 0.140. The zero-order valence-corrected chi connectivity index (χ0v) is 23.0. The molecule has 0 radical (unpaired) electrons. The van der Waals surface area contributed by atoms with Gasteiger partial charge in [0.2, 0.25) is 0 Å². The highest BCUT2D eigenvalue weighted by Gasteiger charge is 2.40. The third kappa shape index (κ3) is 3.04. The summed E-state index contributed by atoms with van der Waals surface area (Å²) >= 11 is 0. The lowest BCUT2D eigenvalue weighted by Crippen LogP contribution is -2.58. The first-order chi connectivity index (χ1) is 20.2. The molecule has 0 N–H and O–H groups in total. The van der Waals surface area contributed by atoms with Crippen molar-refractivity contribution in [3.63, 3.8) is 0 Å². The largest absolute Gasteiger partial charge is 0.458 e. The molecule has 3 heterocycles. The fourth-order valence-electron chi connectivity index (χ4n) is 7.33. The van der Waals surface area contributed by atoms with Crippen LogP contribution in [0.2, 0.25) is 0 Å². The van der Waals surface area contributed by atoms with Crippen LogP contribution in [0, 0.1) is 13.8 Å². The molecule has 2 nitrogen and oxygen atoms in total. The van der Waals surface area contributed by atoms with E-state index in [0.717, 1.165) is 11.5 Å². The van der Waals surface area contributed by atoms with Crippen molar-refractivity contribution >= 4 is 44.8 Å². The van der Waals surface area contributed by atoms with Crippen LogP contribution in [0.3, 0.4) is 0 Å². The molecule has 1 aromatic heterocycles. The molecular formula is C38H26BNO. The SMILES string of the molecule is Cc1c(C)n2c3c(cccc13)B1c3ccc(-c4ccc(-c5ccccc5)c5ccccc45)cc3Oc3cccc-2c31. The molecule has 192 valence electrons. The van der Waals surface area contributed by atoms with Crippen molar-refractivity contribution in [1.29, 1.82) is 0 Å². The number of hydrogen-bond donors (Lipinski definition) is 0. The van der Waals surface area contributed by atoms with Crippen LogP contribution < -0.4 is 21.1 Å². The first kappa shape index (κ1) is 22.8. The summed E-state index contributed by atoms with van der Waals surface area (Å²) < 4.78 is 9.18. The van der Waals surface area contributed by atoms with Gasteiger partial charge in [0.15, 0.2) is 0 Å². The van der Waals surface area contributed by atoms with Gasteiger partial charge in [0.1, 0.15) is 11.5 Å². The Morgan fingerprint density at radius 2 is 1.27 bits per heavy atom. The van der Waals surface area contributed by atoms with Crippen LogP contribution in [0.15, 0.2) is 121 Å². The normalized spacial score (nSPS) is 12.8. The number of para-hydroxylation sites is 1. The number of fused-ring (bicyclic) bond motifs is 5. The summed E-state index contributed by atoms with van der Waals surface area (Å²) in [6.07, 6.45) is 0. The van der Waals surface area contributed by atoms with Gasteiger partial charge in [0, 0.05) is 22.3 Å². The quantitative estimate of drug-likeness (QED) is 0.212. The lowest BCUT2D eigenvalue weighted by atomic mass is 9.34. The van der Waals surface area contributed by atoms with Crippen molar-refractivity contribution in [2.45, 2.75) is 13.8 Å². The second kappa shape index (κ2) is 8.25. The van der Waals surface area contributed by atoms with Crippen LogP contribution in [-0.2, 0) is 0 Å². The maximum Gasteiger partial charge on any atom is 0.256 e. The molecule has 0 spiro atoms. The van der Waals surface area contributed by atoms with Crippen LogP contribution in [0.25, 0.3) is 49.6 Å². The second-order valence-corrected chi connectivity index (χ2v) is 11.3. The van der Waals surface area contributed by atoms with Gasteiger partial charge in [-0.25, -0.2) is 0 Å². The summed E-state index contributed by atoms with van der Waals surface area (Å²) in [5, 5.41) is 3.85. The summed E-state index contributed by atoms with van der Waals surface area (Å²) in [5.74, 6) is 1.90. The molecule has 0 saturated heterocycles. The van der Waals surface area contributed by atoms with Crippen molar-refractivity contribution in [3.8, 4) is 39.4 Å². The zero-order chi connectivity index (χ0) is 27.2. The minimum absolute atomic E-state index is 0.140. The van der Waals surface area contributed by atoms with Crippen LogP contribution in [0.1, 0.15) is 11.3 Å². The molecule has 0 bridgehead atoms. The van der Waals surface area contributed by atoms with Gasteiger partial charge in [-0.2, -0.15) is 0 Å². The molecule has 0 amide bonds. The number of ether oxygens (including phenoxy) is 1. The number of benzene rings is 6. The third-order valence-electron chi connectivity index (χ3n) is 9.32. The van der Waals surface area contributed by atoms with Crippen molar-refractivity contribution in [1.82, 2.24) is 4.57 Å². The summed E-state index contributed by atoms with van der Waals surface area (Å²) in [6, 6.07) is 44.0. The van der Waals surface area contributed by atoms with Gasteiger partial charge in [-0.15, -0.1) is 0 Å². The first-order valence-electron chi connectivity index (χ1n) is 14.3. The topological polar surface area (TPSA) is 14.2 Å². The Morgan fingerprint density at radius 3 is 2.07 bits per heavy atom. The third-order valence-corrected chi connectivity index (χ3v) is 9.32. The van der Waals surface area contributed by atoms with Crippen molar-refractivity contribution in [2.75, 3.05) is 0 Å². The predicted octanol–water partition coefficient (Wildman–Crippen LogP) is 7.67. The molecule has 7 aromatic rings. The molecule has 0 fully saturated rings. The van der Waals surface area contributed by atoms with E-state index in [1.54, 1.807) is 0 Å². The Bertz CT molecular complexity index is 2210. The zero-order valence-electron chi connectivity index (χ0n) is 23.0. The molecular weight excluding hydrogens is 497 g/mol. The van der Waals surface area contributed by atoms with E-state index in [1.165, 1.54) is 77.3 Å². The Morgan fingerprint density at radius 1 is 0.561 bits per heavy atom. The lowest BCUT2D eigenvalue weighted by molar-refractivity contribution is 0.487. The average Bonchev–Trinajstić information content (AvgIpc) is 3.29. The molecule has 6 aromatic carbocycles. The molecule has 3 heteroatoms. The average molecular weight is 523 g/mol. The van der Waals surface area contributed by atoms with Gasteiger partial charge in [0.05, 0.1) is 0 Å². The fraction of sp³-hybridized carbons (Fsp3) is 0.0526. The monoisotopic (exact) mass is 523 g/mol. The molecule has 2 aliphatic heterocycles. The van der Waals surface area contributed by atoms with E-state index in [4.69, 9.17) is 4.74 Å². The van der Waals surface area contributed by atoms with Gasteiger partial charge in [0.25, 0.3) is 6.71 Å². The highest BCUT2D eigenvalue weighted by atomic mass is 16.5. The molecule has 9 rings (SSSR count). The van der Waals surface area contributed by atoms with Gasteiger partial charge in [-0.05, 0) is 87.0 Å². The highest BCUT2D eigenvalue weighted by Crippen LogP contribution is 2.39. The Hall–Kier alpha value is -5.02. The first-order valence-corrected chi connectivity index (χ1v) is 14.3. The number of nitrogens with zero attached hydrogens (tertiary/aromatic N) is 1. The summed E-state index contributed by atoms with van der Waals surface area (Å²) in [7, 11) is 0. The minimum Gasteiger partial charge on any atom is -0.458 e. The van der Waals surface area contributed by atoms with Gasteiger partial charge >= 0.3 is 0 Å². The Labute approximate surface area is 239 Å². The van der Waals surface area contributed by atoms with Gasteiger partial charge < -0.3 is 9.30 Å². The van der Waals surface area contributed by atoms with Crippen LogP contribution in [0.5, 0.6) is 11.5 Å². The van der Waals surface area contributed by atoms with E-state index >= 15 is 0 Å². The second-order valence-electron chi connectivity index (χ2n) is 11.3. The summed E-state index contributed by atoms with van der Waals surface area (Å²) in [6.45, 7) is 4.61. The maximum absolute atomic E-state index is 6.74. The van der Waals surface area contributed by atoms with E-state index in [1.807, 2.05) is 0 Å². The van der Waals surface area contributed by atoms with Crippen molar-refractivity contribution in [2.24, 2.45) is 0 Å². The van der Waals surface area contributed by atoms with E-state index in [0.29, 0.717) is 0 Å². The molecule has 0 saturated carbocycles. The number of aryl methyl sites for hydroxylation is 1. The fourth-order valence-corrected chi connectivity index (χ4v) is 7.33. The molecule has 0 aliphatic carbocycles. The summed E-state index contributed by atoms with van der Waals surface area (Å²) in [5.41, 5.74) is 13.9. The van der Waals surface area contributed by atoms with Crippen LogP contribution >= 0.6 is 0 Å². The molecule has 0 atom stereocenters. The lowest BCUT2D eigenvalue weighted by Gasteiger charge is -2.33. The number of aromatic nitrogens is 1. The van der Waals surface area contributed by atoms with Crippen LogP contribution in [-0.4, -0.2) is 11.3 Å². The Balaban J connectivity index is 1.25. The van der Waals surface area contributed by atoms with E-state index in [-0.39, 0.29) is 6.71 Å². The number of rotatable bonds is 2. The Kier molecular flexibility index (Phi) is 4.58. The standard InChI is InChI=1S/C38H26BNO/c1-23-24(2)40-34-16-9-17-35-37(34)39(33-15-8-14-27(23)38(33)40)32-21-18-26(22-36(32)41-35)29-20-19-28(25-10-4-3-5-11-25)30-12-6-7-13-31(29)30/h3-22H,1-2H3. The maximum atomic E-state index is 6.74. The molecule has 0 unspecified atom stereocenters. The van der Waals surface area contributed by atoms with Crippen LogP contribution in [0.4, 0.5) is 0 Å². The smallest absolute Gasteiger partial charge is 0.256 e. The summed E-state index contributed by atoms with van der Waals surface area (Å²) in [4.78, 5) is 0. The number of hydrogen-bond acceptors (Lipinski definition) is 1. The van der Waals surface area contributed by atoms with Gasteiger partial charge in [-0.3, -0.25) is 0 Å². The van der Waals surface area contributed by atoms with Crippen molar-refractivity contribution in [3.05, 3.63) is 133 Å². The van der Waals surface area contributed by atoms with E-state index in [9.17, 15) is 0 Å². The van der Waals surface area contributed by atoms with E-state index < -0.39 is 0 Å². The van der Waals surface area contributed by atoms with E-state index in [2.05, 4.69) is 140 Å². The molecule has 2 aliphatic rings. The predicted molar refractivity (Wildman–Crippen MR) is 172 cm³/mol. The van der Waals surface area contributed by atoms with Crippen molar-refractivity contribution < 1.29 is 4.74 Å². The highest BCUT2D eigenvalue weighted by molar-refractivity contribution is 6.99. The molecule has 41 heavy (non-hydrogen) atoms. The van der Waals surface area contributed by atoms with Gasteiger partial charge in [-0.1, -0.05) is 103 Å².